The van der Waals surface area contributed by atoms with Crippen molar-refractivity contribution < 1.29 is 14.3 Å². The van der Waals surface area contributed by atoms with Gasteiger partial charge in [0.05, 0.1) is 6.61 Å². The standard InChI is InChI=1S/C20H21NO3S/c1-3-5-18(22)17(20(23)24-4-2)12-14-6-8-15(9-7-14)16-10-11-25-19(16)13-21/h6-11,17H,3-5,12H2,1-2H3. The van der Waals surface area contributed by atoms with Crippen LogP contribution in [0.2, 0.25) is 0 Å². The molecule has 0 bridgehead atoms. The number of carbonyl (C=O) groups excluding carboxylic acids is 2. The quantitative estimate of drug-likeness (QED) is 0.521. The van der Waals surface area contributed by atoms with Crippen LogP contribution in [0.3, 0.4) is 0 Å². The molecule has 0 aliphatic carbocycles. The molecule has 1 atom stereocenters. The lowest BCUT2D eigenvalue weighted by atomic mass is 9.92. The van der Waals surface area contributed by atoms with Gasteiger partial charge >= 0.3 is 5.97 Å². The normalized spacial score (nSPS) is 11.6. The highest BCUT2D eigenvalue weighted by Crippen LogP contribution is 2.28. The van der Waals surface area contributed by atoms with Crippen LogP contribution in [0.25, 0.3) is 11.1 Å². The highest BCUT2D eigenvalue weighted by Gasteiger charge is 2.27. The van der Waals surface area contributed by atoms with Crippen LogP contribution in [0.15, 0.2) is 35.7 Å². The summed E-state index contributed by atoms with van der Waals surface area (Å²) in [5.41, 5.74) is 2.76. The van der Waals surface area contributed by atoms with Crippen molar-refractivity contribution in [3.63, 3.8) is 0 Å². The van der Waals surface area contributed by atoms with Crippen molar-refractivity contribution in [1.29, 1.82) is 5.26 Å². The fourth-order valence-corrected chi connectivity index (χ4v) is 3.38. The zero-order valence-corrected chi connectivity index (χ0v) is 15.3. The van der Waals surface area contributed by atoms with Gasteiger partial charge in [0, 0.05) is 12.0 Å². The van der Waals surface area contributed by atoms with Crippen LogP contribution in [0, 0.1) is 17.2 Å². The molecule has 5 heteroatoms. The maximum atomic E-state index is 12.3. The van der Waals surface area contributed by atoms with E-state index in [1.165, 1.54) is 11.3 Å². The van der Waals surface area contributed by atoms with Crippen molar-refractivity contribution in [2.24, 2.45) is 5.92 Å². The van der Waals surface area contributed by atoms with Crippen LogP contribution in [-0.2, 0) is 20.7 Å². The van der Waals surface area contributed by atoms with E-state index in [9.17, 15) is 9.59 Å². The fraction of sp³-hybridized carbons (Fsp3) is 0.350. The predicted octanol–water partition coefficient (Wildman–Crippen LogP) is 4.38. The number of nitriles is 1. The SMILES string of the molecule is CCCC(=O)C(Cc1ccc(-c2ccsc2C#N)cc1)C(=O)OCC. The first kappa shape index (κ1) is 18.9. The first-order valence-electron chi connectivity index (χ1n) is 8.36. The number of nitrogens with zero attached hydrogens (tertiary/aromatic N) is 1. The fourth-order valence-electron chi connectivity index (χ4n) is 2.67. The molecule has 1 aromatic carbocycles. The number of ketones is 1. The maximum absolute atomic E-state index is 12.3. The molecule has 0 N–H and O–H groups in total. The number of carbonyl (C=O) groups is 2. The van der Waals surface area contributed by atoms with Gasteiger partial charge in [0.2, 0.25) is 0 Å². The van der Waals surface area contributed by atoms with Crippen LogP contribution >= 0.6 is 11.3 Å². The first-order chi connectivity index (χ1) is 12.1. The van der Waals surface area contributed by atoms with Crippen molar-refractivity contribution in [2.45, 2.75) is 33.1 Å². The van der Waals surface area contributed by atoms with E-state index in [0.717, 1.165) is 16.7 Å². The Morgan fingerprint density at radius 2 is 1.92 bits per heavy atom. The predicted molar refractivity (Wildman–Crippen MR) is 98.2 cm³/mol. The average Bonchev–Trinajstić information content (AvgIpc) is 3.09. The van der Waals surface area contributed by atoms with E-state index in [1.54, 1.807) is 6.92 Å². The Morgan fingerprint density at radius 3 is 2.52 bits per heavy atom. The van der Waals surface area contributed by atoms with Crippen LogP contribution in [0.5, 0.6) is 0 Å². The summed E-state index contributed by atoms with van der Waals surface area (Å²) in [4.78, 5) is 25.1. The lowest BCUT2D eigenvalue weighted by Gasteiger charge is -2.14. The van der Waals surface area contributed by atoms with E-state index in [1.807, 2.05) is 42.6 Å². The molecule has 0 aliphatic rings. The van der Waals surface area contributed by atoms with E-state index in [2.05, 4.69) is 6.07 Å². The van der Waals surface area contributed by atoms with Crippen LogP contribution in [-0.4, -0.2) is 18.4 Å². The largest absolute Gasteiger partial charge is 0.465 e. The van der Waals surface area contributed by atoms with Crippen molar-refractivity contribution >= 4 is 23.1 Å². The number of Topliss-reactive ketones (excluding diaryl/α,β-unsaturated/α-hetero) is 1. The molecule has 0 saturated heterocycles. The van der Waals surface area contributed by atoms with Gasteiger partial charge in [-0.25, -0.2) is 0 Å². The van der Waals surface area contributed by atoms with Crippen LogP contribution in [0.1, 0.15) is 37.1 Å². The third-order valence-corrected chi connectivity index (χ3v) is 4.75. The van der Waals surface area contributed by atoms with E-state index < -0.39 is 11.9 Å². The summed E-state index contributed by atoms with van der Waals surface area (Å²) < 4.78 is 5.06. The van der Waals surface area contributed by atoms with Crippen molar-refractivity contribution in [2.75, 3.05) is 6.61 Å². The average molecular weight is 355 g/mol. The molecule has 1 unspecified atom stereocenters. The molecular formula is C20H21NO3S. The van der Waals surface area contributed by atoms with Gasteiger partial charge in [-0.3, -0.25) is 9.59 Å². The lowest BCUT2D eigenvalue weighted by molar-refractivity contribution is -0.151. The second-order valence-electron chi connectivity index (χ2n) is 5.70. The number of thiophene rings is 1. The molecule has 25 heavy (non-hydrogen) atoms. The zero-order valence-electron chi connectivity index (χ0n) is 14.5. The topological polar surface area (TPSA) is 67.2 Å². The summed E-state index contributed by atoms with van der Waals surface area (Å²) in [5, 5.41) is 11.0. The van der Waals surface area contributed by atoms with Crippen molar-refractivity contribution in [3.8, 4) is 17.2 Å². The van der Waals surface area contributed by atoms with Gasteiger partial charge in [-0.15, -0.1) is 11.3 Å². The molecule has 0 saturated carbocycles. The van der Waals surface area contributed by atoms with Crippen LogP contribution in [0.4, 0.5) is 0 Å². The molecule has 1 heterocycles. The molecule has 130 valence electrons. The van der Waals surface area contributed by atoms with Crippen molar-refractivity contribution in [3.05, 3.63) is 46.2 Å². The smallest absolute Gasteiger partial charge is 0.316 e. The van der Waals surface area contributed by atoms with Gasteiger partial charge < -0.3 is 4.74 Å². The number of hydrogen-bond donors (Lipinski definition) is 0. The second-order valence-corrected chi connectivity index (χ2v) is 6.61. The molecule has 2 rings (SSSR count). The zero-order chi connectivity index (χ0) is 18.2. The molecular weight excluding hydrogens is 334 g/mol. The van der Waals surface area contributed by atoms with Gasteiger partial charge in [0.15, 0.2) is 0 Å². The summed E-state index contributed by atoms with van der Waals surface area (Å²) in [6.45, 7) is 3.92. The number of rotatable bonds is 8. The Kier molecular flexibility index (Phi) is 6.91. The Balaban J connectivity index is 2.18. The van der Waals surface area contributed by atoms with Gasteiger partial charge in [-0.05, 0) is 42.3 Å². The van der Waals surface area contributed by atoms with Gasteiger partial charge in [-0.2, -0.15) is 5.26 Å². The summed E-state index contributed by atoms with van der Waals surface area (Å²) in [6.07, 6.45) is 1.43. The van der Waals surface area contributed by atoms with Crippen LogP contribution < -0.4 is 0 Å². The summed E-state index contributed by atoms with van der Waals surface area (Å²) in [7, 11) is 0. The number of hydrogen-bond acceptors (Lipinski definition) is 5. The minimum atomic E-state index is -0.749. The molecule has 0 radical (unpaired) electrons. The summed E-state index contributed by atoms with van der Waals surface area (Å²) in [5.74, 6) is -1.27. The molecule has 0 aliphatic heterocycles. The number of ether oxygens (including phenoxy) is 1. The first-order valence-corrected chi connectivity index (χ1v) is 9.24. The van der Waals surface area contributed by atoms with E-state index >= 15 is 0 Å². The molecule has 2 aromatic rings. The Morgan fingerprint density at radius 1 is 1.20 bits per heavy atom. The van der Waals surface area contributed by atoms with Gasteiger partial charge in [-0.1, -0.05) is 31.2 Å². The van der Waals surface area contributed by atoms with E-state index in [0.29, 0.717) is 24.1 Å². The Hall–Kier alpha value is -2.45. The lowest BCUT2D eigenvalue weighted by Crippen LogP contribution is -2.28. The Labute approximate surface area is 152 Å². The second kappa shape index (κ2) is 9.14. The maximum Gasteiger partial charge on any atom is 0.316 e. The number of benzene rings is 1. The third-order valence-electron chi connectivity index (χ3n) is 3.93. The van der Waals surface area contributed by atoms with Crippen molar-refractivity contribution in [1.82, 2.24) is 0 Å². The molecule has 0 spiro atoms. The molecule has 0 amide bonds. The molecule has 1 aromatic heterocycles. The van der Waals surface area contributed by atoms with Gasteiger partial charge in [0.25, 0.3) is 0 Å². The number of esters is 1. The summed E-state index contributed by atoms with van der Waals surface area (Å²) in [6, 6.07) is 11.8. The monoisotopic (exact) mass is 355 g/mol. The molecule has 0 fully saturated rings. The van der Waals surface area contributed by atoms with Gasteiger partial charge in [0.1, 0.15) is 22.6 Å². The minimum absolute atomic E-state index is 0.0744. The minimum Gasteiger partial charge on any atom is -0.465 e. The third kappa shape index (κ3) is 4.77. The summed E-state index contributed by atoms with van der Waals surface area (Å²) >= 11 is 1.41. The highest BCUT2D eigenvalue weighted by atomic mass is 32.1. The highest BCUT2D eigenvalue weighted by molar-refractivity contribution is 7.11. The Bertz CT molecular complexity index is 753. The molecule has 4 nitrogen and oxygen atoms in total. The van der Waals surface area contributed by atoms with E-state index in [4.69, 9.17) is 10.00 Å². The van der Waals surface area contributed by atoms with E-state index in [-0.39, 0.29) is 12.4 Å².